The number of carbonyl (C=O) groups is 1. The molecule has 232 valence electrons. The molecule has 4 aromatic rings. The fourth-order valence-corrected chi connectivity index (χ4v) is 5.32. The minimum Gasteiger partial charge on any atom is -0.497 e. The highest BCUT2D eigenvalue weighted by Gasteiger charge is 2.38. The van der Waals surface area contributed by atoms with E-state index in [0.717, 1.165) is 28.2 Å². The molecule has 0 spiro atoms. The van der Waals surface area contributed by atoms with Crippen LogP contribution in [0.2, 0.25) is 0 Å². The van der Waals surface area contributed by atoms with Gasteiger partial charge in [0.1, 0.15) is 17.1 Å². The van der Waals surface area contributed by atoms with Crippen LogP contribution < -0.4 is 23.7 Å². The van der Waals surface area contributed by atoms with Crippen LogP contribution in [0.25, 0.3) is 0 Å². The third-order valence-electron chi connectivity index (χ3n) is 7.26. The van der Waals surface area contributed by atoms with Crippen LogP contribution in [0.15, 0.2) is 84.9 Å². The highest BCUT2D eigenvalue weighted by Crippen LogP contribution is 2.45. The van der Waals surface area contributed by atoms with Crippen molar-refractivity contribution in [1.82, 2.24) is 0 Å². The summed E-state index contributed by atoms with van der Waals surface area (Å²) in [5.74, 6) is 1.40. The van der Waals surface area contributed by atoms with Crippen molar-refractivity contribution < 1.29 is 38.3 Å². The number of hydrogen-bond acceptors (Lipinski definition) is 7. The zero-order valence-electron chi connectivity index (χ0n) is 25.9. The predicted octanol–water partition coefficient (Wildman–Crippen LogP) is 7.15. The second-order valence-electron chi connectivity index (χ2n) is 9.77. The molecule has 8 heteroatoms. The summed E-state index contributed by atoms with van der Waals surface area (Å²) in [6.07, 6.45) is 0.227. The molecule has 0 fully saturated rings. The van der Waals surface area contributed by atoms with E-state index in [9.17, 15) is 9.90 Å². The van der Waals surface area contributed by atoms with Crippen molar-refractivity contribution in [3.8, 4) is 28.7 Å². The van der Waals surface area contributed by atoms with Gasteiger partial charge in [0, 0.05) is 12.0 Å². The van der Waals surface area contributed by atoms with E-state index in [-0.39, 0.29) is 18.6 Å². The normalized spacial score (nSPS) is 11.1. The van der Waals surface area contributed by atoms with Gasteiger partial charge in [-0.15, -0.1) is 0 Å². The average molecular weight is 601 g/mol. The van der Waals surface area contributed by atoms with Crippen molar-refractivity contribution in [2.75, 3.05) is 40.6 Å². The molecule has 0 unspecified atom stereocenters. The number of rotatable bonds is 16. The van der Waals surface area contributed by atoms with Gasteiger partial charge in [0.15, 0.2) is 11.5 Å². The van der Waals surface area contributed by atoms with E-state index in [0.29, 0.717) is 42.6 Å². The molecule has 1 N–H and O–H groups in total. The predicted molar refractivity (Wildman–Crippen MR) is 169 cm³/mol. The van der Waals surface area contributed by atoms with Crippen molar-refractivity contribution in [3.05, 3.63) is 113 Å². The van der Waals surface area contributed by atoms with E-state index < -0.39 is 11.6 Å². The number of methoxy groups -OCH3 is 2. The summed E-state index contributed by atoms with van der Waals surface area (Å²) in [7, 11) is 3.26. The monoisotopic (exact) mass is 600 g/mol. The van der Waals surface area contributed by atoms with Gasteiger partial charge in [0.2, 0.25) is 5.75 Å². The quantitative estimate of drug-likeness (QED) is 0.136. The average Bonchev–Trinajstić information content (AvgIpc) is 3.06. The summed E-state index contributed by atoms with van der Waals surface area (Å²) < 4.78 is 35.6. The molecule has 0 aliphatic carbocycles. The van der Waals surface area contributed by atoms with Gasteiger partial charge in [-0.25, -0.2) is 4.79 Å². The number of carboxylic acid groups (broad SMARTS) is 1. The number of hydrogen-bond donors (Lipinski definition) is 1. The maximum Gasteiger partial charge on any atom is 0.336 e. The Morgan fingerprint density at radius 3 is 1.66 bits per heavy atom. The molecule has 0 saturated carbocycles. The fourth-order valence-electron chi connectivity index (χ4n) is 5.32. The van der Waals surface area contributed by atoms with E-state index in [2.05, 4.69) is 0 Å². The summed E-state index contributed by atoms with van der Waals surface area (Å²) in [6.45, 7) is 6.70. The second-order valence-corrected chi connectivity index (χ2v) is 9.77. The van der Waals surface area contributed by atoms with Crippen molar-refractivity contribution in [2.24, 2.45) is 0 Å². The van der Waals surface area contributed by atoms with Gasteiger partial charge in [-0.3, -0.25) is 0 Å². The van der Waals surface area contributed by atoms with Gasteiger partial charge in [0.25, 0.3) is 0 Å². The molecular weight excluding hydrogens is 560 g/mol. The van der Waals surface area contributed by atoms with Crippen LogP contribution in [0.1, 0.15) is 53.4 Å². The Morgan fingerprint density at radius 1 is 0.682 bits per heavy atom. The van der Waals surface area contributed by atoms with E-state index in [4.69, 9.17) is 28.4 Å². The third-order valence-corrected chi connectivity index (χ3v) is 7.26. The molecule has 0 radical (unpaired) electrons. The first kappa shape index (κ1) is 32.2. The Bertz CT molecular complexity index is 1450. The zero-order valence-corrected chi connectivity index (χ0v) is 25.9. The van der Waals surface area contributed by atoms with E-state index in [1.165, 1.54) is 6.07 Å². The van der Waals surface area contributed by atoms with Gasteiger partial charge in [0.05, 0.1) is 46.2 Å². The van der Waals surface area contributed by atoms with Crippen LogP contribution in [0.4, 0.5) is 0 Å². The van der Waals surface area contributed by atoms with Crippen molar-refractivity contribution in [3.63, 3.8) is 0 Å². The molecule has 0 aliphatic heterocycles. The molecule has 4 aromatic carbocycles. The molecular formula is C36H40O8. The van der Waals surface area contributed by atoms with Crippen LogP contribution >= 0.6 is 0 Å². The van der Waals surface area contributed by atoms with Crippen LogP contribution in [-0.2, 0) is 16.8 Å². The van der Waals surface area contributed by atoms with Crippen molar-refractivity contribution in [1.29, 1.82) is 0 Å². The Kier molecular flexibility index (Phi) is 11.1. The molecule has 8 nitrogen and oxygen atoms in total. The van der Waals surface area contributed by atoms with Crippen LogP contribution in [0.5, 0.6) is 28.7 Å². The summed E-state index contributed by atoms with van der Waals surface area (Å²) in [6, 6.07) is 27.0. The lowest BCUT2D eigenvalue weighted by Crippen LogP contribution is -2.34. The summed E-state index contributed by atoms with van der Waals surface area (Å²) >= 11 is 0. The smallest absolute Gasteiger partial charge is 0.336 e. The largest absolute Gasteiger partial charge is 0.497 e. The summed E-state index contributed by atoms with van der Waals surface area (Å²) in [4.78, 5) is 12.5. The maximum absolute atomic E-state index is 12.5. The van der Waals surface area contributed by atoms with Gasteiger partial charge in [-0.2, -0.15) is 0 Å². The Balaban J connectivity index is 1.87. The Labute approximate surface area is 259 Å². The van der Waals surface area contributed by atoms with Crippen molar-refractivity contribution in [2.45, 2.75) is 32.8 Å². The standard InChI is InChI=1S/C36H40O8/c1-6-41-32-24-31(35(37)38)30(33(42-7-2)34(32)43-8-3)22-23-44-36(25-12-10-9-11-13-25,26-14-18-28(39-4)19-15-26)27-16-20-29(40-5)21-17-27/h9-21,24H,6-8,22-23H2,1-5H3,(H,37,38). The van der Waals surface area contributed by atoms with E-state index in [1.807, 2.05) is 99.6 Å². The van der Waals surface area contributed by atoms with Crippen LogP contribution in [0.3, 0.4) is 0 Å². The molecule has 44 heavy (non-hydrogen) atoms. The number of benzene rings is 4. The molecule has 0 amide bonds. The first-order chi connectivity index (χ1) is 21.4. The minimum atomic E-state index is -1.09. The number of ether oxygens (including phenoxy) is 6. The highest BCUT2D eigenvalue weighted by atomic mass is 16.5. The van der Waals surface area contributed by atoms with Gasteiger partial charge in [-0.05, 0) is 67.8 Å². The van der Waals surface area contributed by atoms with E-state index >= 15 is 0 Å². The molecule has 0 aliphatic rings. The fraction of sp³-hybridized carbons (Fsp3) is 0.306. The number of carboxylic acids is 1. The first-order valence-electron chi connectivity index (χ1n) is 14.7. The minimum absolute atomic E-state index is 0.0724. The molecule has 0 bridgehead atoms. The Morgan fingerprint density at radius 2 is 1.18 bits per heavy atom. The topological polar surface area (TPSA) is 92.7 Å². The second kappa shape index (κ2) is 15.2. The third kappa shape index (κ3) is 6.76. The van der Waals surface area contributed by atoms with Crippen LogP contribution in [-0.4, -0.2) is 51.7 Å². The lowest BCUT2D eigenvalue weighted by Gasteiger charge is -2.36. The first-order valence-corrected chi connectivity index (χ1v) is 14.7. The lowest BCUT2D eigenvalue weighted by molar-refractivity contribution is 0.0143. The Hall–Kier alpha value is -4.69. The molecule has 0 aromatic heterocycles. The highest BCUT2D eigenvalue weighted by molar-refractivity contribution is 5.92. The SMILES string of the molecule is CCOc1cc(C(=O)O)c(CCOC(c2ccccc2)(c2ccc(OC)cc2)c2ccc(OC)cc2)c(OCC)c1OCC. The van der Waals surface area contributed by atoms with Gasteiger partial charge < -0.3 is 33.5 Å². The maximum atomic E-state index is 12.5. The summed E-state index contributed by atoms with van der Waals surface area (Å²) in [5, 5.41) is 10.2. The lowest BCUT2D eigenvalue weighted by atomic mass is 9.80. The zero-order chi connectivity index (χ0) is 31.5. The molecule has 0 heterocycles. The molecule has 0 saturated heterocycles. The van der Waals surface area contributed by atoms with E-state index in [1.54, 1.807) is 14.2 Å². The molecule has 4 rings (SSSR count). The van der Waals surface area contributed by atoms with Crippen LogP contribution in [0, 0.1) is 0 Å². The van der Waals surface area contributed by atoms with Crippen molar-refractivity contribution >= 4 is 5.97 Å². The molecule has 0 atom stereocenters. The summed E-state index contributed by atoms with van der Waals surface area (Å²) in [5.41, 5.74) is 2.14. The number of aromatic carboxylic acids is 1. The van der Waals surface area contributed by atoms with Gasteiger partial charge in [-0.1, -0.05) is 54.6 Å². The van der Waals surface area contributed by atoms with Gasteiger partial charge >= 0.3 is 5.97 Å².